The first kappa shape index (κ1) is 46.8. The minimum absolute atomic E-state index is 0.000593. The first-order chi connectivity index (χ1) is 25.6. The number of aliphatic hydroxyl groups is 1. The summed E-state index contributed by atoms with van der Waals surface area (Å²) in [6, 6.07) is 20.0. The molecule has 1 amide bonds. The van der Waals surface area contributed by atoms with Gasteiger partial charge in [0.25, 0.3) is 0 Å². The SMILES string of the molecule is CCCC[C@@H]1[C@@H](Cc2ccccc2)CCC[C@H](C)C(=O)O[C@H]1C.CCCC[C@H]([C@H](CCC[C@H](NC(=O)OC(C)(C)C)C(=O)O)Cc1ccccc1)[C@H](C)O. The van der Waals surface area contributed by atoms with E-state index >= 15 is 0 Å². The van der Waals surface area contributed by atoms with E-state index in [4.69, 9.17) is 9.47 Å². The van der Waals surface area contributed by atoms with Crippen LogP contribution in [0.2, 0.25) is 0 Å². The lowest BCUT2D eigenvalue weighted by Gasteiger charge is -2.31. The third-order valence-corrected chi connectivity index (χ3v) is 10.9. The first-order valence-electron chi connectivity index (χ1n) is 20.8. The highest BCUT2D eigenvalue weighted by Crippen LogP contribution is 2.34. The third-order valence-electron chi connectivity index (χ3n) is 10.9. The average molecular weight is 752 g/mol. The number of carboxylic acids is 1. The predicted octanol–water partition coefficient (Wildman–Crippen LogP) is 10.6. The second kappa shape index (κ2) is 24.9. The Hall–Kier alpha value is -3.39. The van der Waals surface area contributed by atoms with Gasteiger partial charge in [-0.1, -0.05) is 120 Å². The van der Waals surface area contributed by atoms with Crippen LogP contribution < -0.4 is 5.32 Å². The molecule has 0 bridgehead atoms. The number of amides is 1. The number of ether oxygens (including phenoxy) is 2. The molecule has 54 heavy (non-hydrogen) atoms. The molecule has 8 heteroatoms. The number of aliphatic carboxylic acids is 1. The average Bonchev–Trinajstić information content (AvgIpc) is 3.15. The van der Waals surface area contributed by atoms with E-state index in [9.17, 15) is 24.6 Å². The molecule has 2 aromatic carbocycles. The molecule has 8 atom stereocenters. The standard InChI is InChI=1S/C25H41NO5.C21H32O2/c1-6-7-15-21(18(2)27)20(17-19-12-9-8-10-13-19)14-11-16-22(23(28)29)26-24(30)31-25(3,4)5;1-4-5-14-20-17(3)23-21(22)16(2)10-9-13-19(20)15-18-11-7-6-8-12-18/h8-10,12-13,18,20-22,27H,6-7,11,14-17H2,1-5H3,(H,26,30)(H,28,29);6-8,11-12,16-17,19-20H,4-5,9-10,13-15H2,1-3H3/t18-,20+,21-,22-;16-,17-,19+,20-/m00/s1. The van der Waals surface area contributed by atoms with Crippen molar-refractivity contribution in [2.24, 2.45) is 29.6 Å². The van der Waals surface area contributed by atoms with Crippen molar-refractivity contribution in [3.8, 4) is 0 Å². The number of nitrogens with one attached hydrogen (secondary N) is 1. The summed E-state index contributed by atoms with van der Waals surface area (Å²) in [5, 5.41) is 22.4. The molecule has 1 fully saturated rings. The van der Waals surface area contributed by atoms with Gasteiger partial charge in [-0.3, -0.25) is 4.79 Å². The van der Waals surface area contributed by atoms with Gasteiger partial charge in [-0.25, -0.2) is 9.59 Å². The number of carbonyl (C=O) groups excluding carboxylic acids is 2. The Morgan fingerprint density at radius 2 is 1.50 bits per heavy atom. The van der Waals surface area contributed by atoms with Crippen LogP contribution in [-0.4, -0.2) is 52.1 Å². The normalized spacial score (nSPS) is 21.4. The van der Waals surface area contributed by atoms with E-state index in [2.05, 4.69) is 68.6 Å². The van der Waals surface area contributed by atoms with Crippen molar-refractivity contribution in [1.82, 2.24) is 5.32 Å². The molecular formula is C46H73NO7. The number of hydrogen-bond acceptors (Lipinski definition) is 6. The fourth-order valence-corrected chi connectivity index (χ4v) is 7.86. The quantitative estimate of drug-likeness (QED) is 0.130. The van der Waals surface area contributed by atoms with Crippen LogP contribution in [0, 0.1) is 29.6 Å². The maximum atomic E-state index is 12.2. The van der Waals surface area contributed by atoms with Crippen molar-refractivity contribution in [2.45, 2.75) is 169 Å². The number of benzene rings is 2. The molecule has 8 nitrogen and oxygen atoms in total. The molecule has 0 unspecified atom stereocenters. The number of hydrogen-bond donors (Lipinski definition) is 3. The van der Waals surface area contributed by atoms with Crippen LogP contribution in [0.25, 0.3) is 0 Å². The summed E-state index contributed by atoms with van der Waals surface area (Å²) in [4.78, 5) is 35.8. The number of aliphatic hydroxyl groups excluding tert-OH is 1. The Labute approximate surface area is 327 Å². The van der Waals surface area contributed by atoms with Crippen LogP contribution >= 0.6 is 0 Å². The van der Waals surface area contributed by atoms with Crippen molar-refractivity contribution >= 4 is 18.0 Å². The van der Waals surface area contributed by atoms with Crippen LogP contribution in [-0.2, 0) is 31.9 Å². The van der Waals surface area contributed by atoms with E-state index in [1.54, 1.807) is 20.8 Å². The molecule has 0 radical (unpaired) electrons. The summed E-state index contributed by atoms with van der Waals surface area (Å²) in [7, 11) is 0. The first-order valence-corrected chi connectivity index (χ1v) is 20.8. The highest BCUT2D eigenvalue weighted by molar-refractivity contribution is 5.80. The van der Waals surface area contributed by atoms with E-state index in [0.29, 0.717) is 24.7 Å². The molecule has 1 aliphatic rings. The van der Waals surface area contributed by atoms with E-state index < -0.39 is 29.8 Å². The maximum Gasteiger partial charge on any atom is 0.408 e. The summed E-state index contributed by atoms with van der Waals surface area (Å²) in [5.74, 6) is 0.455. The predicted molar refractivity (Wildman–Crippen MR) is 218 cm³/mol. The molecule has 3 rings (SSSR count). The van der Waals surface area contributed by atoms with E-state index in [0.717, 1.165) is 57.8 Å². The van der Waals surface area contributed by atoms with E-state index in [1.807, 2.05) is 32.0 Å². The fourth-order valence-electron chi connectivity index (χ4n) is 7.86. The zero-order chi connectivity index (χ0) is 40.1. The third kappa shape index (κ3) is 18.3. The van der Waals surface area contributed by atoms with Gasteiger partial charge in [-0.15, -0.1) is 0 Å². The van der Waals surface area contributed by atoms with Crippen LogP contribution in [0.4, 0.5) is 4.79 Å². The van der Waals surface area contributed by atoms with Crippen molar-refractivity contribution < 1.29 is 34.1 Å². The smallest absolute Gasteiger partial charge is 0.408 e. The number of unbranched alkanes of at least 4 members (excludes halogenated alkanes) is 2. The second-order valence-electron chi connectivity index (χ2n) is 16.7. The highest BCUT2D eigenvalue weighted by Gasteiger charge is 2.32. The van der Waals surface area contributed by atoms with Crippen LogP contribution in [0.15, 0.2) is 60.7 Å². The molecule has 0 spiro atoms. The molecule has 1 saturated heterocycles. The Kier molecular flexibility index (Phi) is 21.6. The number of rotatable bonds is 18. The van der Waals surface area contributed by atoms with Gasteiger partial charge in [0.2, 0.25) is 0 Å². The lowest BCUT2D eigenvalue weighted by atomic mass is 9.77. The summed E-state index contributed by atoms with van der Waals surface area (Å²) in [6.07, 6.45) is 12.5. The molecule has 0 aliphatic carbocycles. The maximum absolute atomic E-state index is 12.2. The Bertz CT molecular complexity index is 1330. The summed E-state index contributed by atoms with van der Waals surface area (Å²) < 4.78 is 11.0. The monoisotopic (exact) mass is 752 g/mol. The van der Waals surface area contributed by atoms with Gasteiger partial charge in [0, 0.05) is 0 Å². The zero-order valence-electron chi connectivity index (χ0n) is 34.7. The van der Waals surface area contributed by atoms with Gasteiger partial charge in [0.05, 0.1) is 12.0 Å². The second-order valence-corrected chi connectivity index (χ2v) is 16.7. The molecular weight excluding hydrogens is 679 g/mol. The van der Waals surface area contributed by atoms with E-state index in [1.165, 1.54) is 30.4 Å². The van der Waals surface area contributed by atoms with Crippen molar-refractivity contribution in [3.05, 3.63) is 71.8 Å². The zero-order valence-corrected chi connectivity index (χ0v) is 34.7. The highest BCUT2D eigenvalue weighted by atomic mass is 16.6. The Balaban J connectivity index is 0.000000389. The molecule has 0 saturated carbocycles. The molecule has 1 aliphatic heterocycles. The number of carbonyl (C=O) groups is 3. The van der Waals surface area contributed by atoms with Crippen molar-refractivity contribution in [2.75, 3.05) is 0 Å². The molecule has 2 aromatic rings. The number of carboxylic acid groups (broad SMARTS) is 1. The fraction of sp³-hybridized carbons (Fsp3) is 0.674. The molecule has 304 valence electrons. The van der Waals surface area contributed by atoms with Crippen LogP contribution in [0.1, 0.15) is 144 Å². The van der Waals surface area contributed by atoms with Gasteiger partial charge in [-0.2, -0.15) is 0 Å². The van der Waals surface area contributed by atoms with Gasteiger partial charge in [-0.05, 0) is 121 Å². The summed E-state index contributed by atoms with van der Waals surface area (Å²) in [6.45, 7) is 15.6. The number of cyclic esters (lactones) is 1. The van der Waals surface area contributed by atoms with Gasteiger partial charge >= 0.3 is 18.0 Å². The molecule has 3 N–H and O–H groups in total. The molecule has 0 aromatic heterocycles. The minimum Gasteiger partial charge on any atom is -0.480 e. The van der Waals surface area contributed by atoms with Gasteiger partial charge in [0.15, 0.2) is 0 Å². The number of alkyl carbamates (subject to hydrolysis) is 1. The lowest BCUT2D eigenvalue weighted by molar-refractivity contribution is -0.156. The van der Waals surface area contributed by atoms with Crippen molar-refractivity contribution in [3.63, 3.8) is 0 Å². The van der Waals surface area contributed by atoms with Crippen LogP contribution in [0.5, 0.6) is 0 Å². The number of esters is 1. The summed E-state index contributed by atoms with van der Waals surface area (Å²) in [5.41, 5.74) is 1.94. The van der Waals surface area contributed by atoms with Crippen molar-refractivity contribution in [1.29, 1.82) is 0 Å². The topological polar surface area (TPSA) is 122 Å². The van der Waals surface area contributed by atoms with Gasteiger partial charge in [0.1, 0.15) is 17.7 Å². The lowest BCUT2D eigenvalue weighted by Crippen LogP contribution is -2.43. The van der Waals surface area contributed by atoms with Crippen LogP contribution in [0.3, 0.4) is 0 Å². The van der Waals surface area contributed by atoms with E-state index in [-0.39, 0.29) is 29.8 Å². The molecule has 1 heterocycles. The summed E-state index contributed by atoms with van der Waals surface area (Å²) >= 11 is 0. The Morgan fingerprint density at radius 1 is 0.889 bits per heavy atom. The minimum atomic E-state index is -1.07. The Morgan fingerprint density at radius 3 is 2.06 bits per heavy atom. The largest absolute Gasteiger partial charge is 0.480 e. The van der Waals surface area contributed by atoms with Gasteiger partial charge < -0.3 is 25.0 Å².